The number of aliphatic hydroxyl groups excluding tert-OH is 1. The van der Waals surface area contributed by atoms with Crippen molar-refractivity contribution in [1.82, 2.24) is 15.5 Å². The molecule has 0 radical (unpaired) electrons. The van der Waals surface area contributed by atoms with Crippen LogP contribution in [0.5, 0.6) is 0 Å². The molecular formula is C28H47N3O3. The van der Waals surface area contributed by atoms with E-state index in [2.05, 4.69) is 31.4 Å². The number of unbranched alkanes of at least 4 members (excludes halogenated alkanes) is 1. The summed E-state index contributed by atoms with van der Waals surface area (Å²) in [7, 11) is 1.90. The number of hydrogen-bond acceptors (Lipinski definition) is 4. The van der Waals surface area contributed by atoms with Gasteiger partial charge in [-0.2, -0.15) is 0 Å². The molecule has 0 spiro atoms. The van der Waals surface area contributed by atoms with Crippen molar-refractivity contribution < 1.29 is 14.7 Å². The van der Waals surface area contributed by atoms with Gasteiger partial charge in [0.2, 0.25) is 5.91 Å². The van der Waals surface area contributed by atoms with E-state index in [0.29, 0.717) is 23.9 Å². The van der Waals surface area contributed by atoms with Gasteiger partial charge in [-0.3, -0.25) is 9.59 Å². The Morgan fingerprint density at radius 2 is 1.79 bits per heavy atom. The predicted molar refractivity (Wildman–Crippen MR) is 138 cm³/mol. The SMILES string of the molecule is CCCCN(C)C(=O)[C@H](CC1CCCCC1)NC[C@H](CC(C)C)NC(=O)[C@@H](O)c1ccccc1. The maximum Gasteiger partial charge on any atom is 0.253 e. The summed E-state index contributed by atoms with van der Waals surface area (Å²) in [6, 6.07) is 8.60. The second kappa shape index (κ2) is 15.2. The summed E-state index contributed by atoms with van der Waals surface area (Å²) in [6.45, 7) is 7.66. The van der Waals surface area contributed by atoms with Crippen molar-refractivity contribution in [3.05, 3.63) is 35.9 Å². The van der Waals surface area contributed by atoms with Crippen LogP contribution in [0.2, 0.25) is 0 Å². The first kappa shape index (κ1) is 28.3. The lowest BCUT2D eigenvalue weighted by Crippen LogP contribution is -2.52. The number of carbonyl (C=O) groups is 2. The summed E-state index contributed by atoms with van der Waals surface area (Å²) in [5, 5.41) is 17.1. The van der Waals surface area contributed by atoms with E-state index < -0.39 is 12.0 Å². The quantitative estimate of drug-likeness (QED) is 0.373. The molecular weight excluding hydrogens is 426 g/mol. The fourth-order valence-electron chi connectivity index (χ4n) is 4.91. The summed E-state index contributed by atoms with van der Waals surface area (Å²) in [6.07, 6.45) is 8.68. The van der Waals surface area contributed by atoms with Gasteiger partial charge in [0.25, 0.3) is 5.91 Å². The van der Waals surface area contributed by atoms with Crippen LogP contribution >= 0.6 is 0 Å². The van der Waals surface area contributed by atoms with Crippen LogP contribution in [0.3, 0.4) is 0 Å². The highest BCUT2D eigenvalue weighted by atomic mass is 16.3. The zero-order valence-electron chi connectivity index (χ0n) is 21.8. The molecule has 1 aliphatic carbocycles. The van der Waals surface area contributed by atoms with E-state index in [9.17, 15) is 14.7 Å². The molecule has 0 heterocycles. The van der Waals surface area contributed by atoms with E-state index in [1.807, 2.05) is 30.1 Å². The summed E-state index contributed by atoms with van der Waals surface area (Å²) >= 11 is 0. The third-order valence-corrected chi connectivity index (χ3v) is 6.89. The molecule has 0 bridgehead atoms. The van der Waals surface area contributed by atoms with Gasteiger partial charge >= 0.3 is 0 Å². The Balaban J connectivity index is 2.04. The smallest absolute Gasteiger partial charge is 0.253 e. The fraction of sp³-hybridized carbons (Fsp3) is 0.714. The number of hydrogen-bond donors (Lipinski definition) is 3. The molecule has 3 N–H and O–H groups in total. The Morgan fingerprint density at radius 3 is 2.41 bits per heavy atom. The van der Waals surface area contributed by atoms with Crippen molar-refractivity contribution in [3.8, 4) is 0 Å². The molecule has 1 aromatic carbocycles. The maximum atomic E-state index is 13.3. The Bertz CT molecular complexity index is 719. The number of rotatable bonds is 14. The number of carbonyl (C=O) groups excluding carboxylic acids is 2. The van der Waals surface area contributed by atoms with Gasteiger partial charge in [-0.1, -0.05) is 89.6 Å². The highest BCUT2D eigenvalue weighted by molar-refractivity contribution is 5.82. The first-order valence-corrected chi connectivity index (χ1v) is 13.3. The van der Waals surface area contributed by atoms with E-state index in [-0.39, 0.29) is 18.0 Å². The van der Waals surface area contributed by atoms with Crippen LogP contribution in [0, 0.1) is 11.8 Å². The Kier molecular flexibility index (Phi) is 12.6. The normalized spacial score (nSPS) is 17.2. The zero-order valence-corrected chi connectivity index (χ0v) is 21.8. The van der Waals surface area contributed by atoms with Crippen LogP contribution in [-0.4, -0.2) is 54.0 Å². The number of benzene rings is 1. The second-order valence-corrected chi connectivity index (χ2v) is 10.5. The number of aliphatic hydroxyl groups is 1. The molecule has 6 nitrogen and oxygen atoms in total. The van der Waals surface area contributed by atoms with E-state index in [1.54, 1.807) is 12.1 Å². The lowest BCUT2D eigenvalue weighted by Gasteiger charge is -2.31. The van der Waals surface area contributed by atoms with Gasteiger partial charge in [-0.05, 0) is 36.7 Å². The molecule has 1 fully saturated rings. The van der Waals surface area contributed by atoms with Crippen molar-refractivity contribution in [3.63, 3.8) is 0 Å². The van der Waals surface area contributed by atoms with Crippen molar-refractivity contribution in [2.75, 3.05) is 20.1 Å². The van der Waals surface area contributed by atoms with E-state index in [1.165, 1.54) is 32.1 Å². The minimum atomic E-state index is -1.20. The first-order valence-electron chi connectivity index (χ1n) is 13.3. The maximum absolute atomic E-state index is 13.3. The molecule has 192 valence electrons. The van der Waals surface area contributed by atoms with Gasteiger partial charge in [-0.25, -0.2) is 0 Å². The Hall–Kier alpha value is -1.92. The topological polar surface area (TPSA) is 81.7 Å². The largest absolute Gasteiger partial charge is 0.378 e. The van der Waals surface area contributed by atoms with Crippen molar-refractivity contribution >= 4 is 11.8 Å². The monoisotopic (exact) mass is 473 g/mol. The van der Waals surface area contributed by atoms with Crippen LogP contribution < -0.4 is 10.6 Å². The van der Waals surface area contributed by atoms with Crippen LogP contribution in [0.4, 0.5) is 0 Å². The molecule has 34 heavy (non-hydrogen) atoms. The molecule has 6 heteroatoms. The van der Waals surface area contributed by atoms with Crippen LogP contribution in [0.25, 0.3) is 0 Å². The summed E-state index contributed by atoms with van der Waals surface area (Å²) < 4.78 is 0. The van der Waals surface area contributed by atoms with Gasteiger partial charge in [0.15, 0.2) is 6.10 Å². The van der Waals surface area contributed by atoms with Gasteiger partial charge < -0.3 is 20.6 Å². The molecule has 1 saturated carbocycles. The standard InChI is InChI=1S/C28H47N3O3/c1-5-6-17-31(4)28(34)25(19-22-13-9-7-10-14-22)29-20-24(18-21(2)3)30-27(33)26(32)23-15-11-8-12-16-23/h8,11-12,15-16,21-22,24-26,29,32H,5-7,9-10,13-14,17-20H2,1-4H3,(H,30,33)/t24-,25-,26-/m0/s1. The molecule has 2 amide bonds. The third kappa shape index (κ3) is 9.75. The van der Waals surface area contributed by atoms with Gasteiger partial charge in [0.05, 0.1) is 6.04 Å². The van der Waals surface area contributed by atoms with E-state index in [0.717, 1.165) is 32.2 Å². The highest BCUT2D eigenvalue weighted by Gasteiger charge is 2.28. The number of likely N-dealkylation sites (N-methyl/N-ethyl adjacent to an activating group) is 1. The highest BCUT2D eigenvalue weighted by Crippen LogP contribution is 2.28. The van der Waals surface area contributed by atoms with Crippen molar-refractivity contribution in [2.45, 2.75) is 96.7 Å². The lowest BCUT2D eigenvalue weighted by atomic mass is 9.84. The average Bonchev–Trinajstić information content (AvgIpc) is 2.84. The van der Waals surface area contributed by atoms with Crippen molar-refractivity contribution in [1.29, 1.82) is 0 Å². The number of nitrogens with one attached hydrogen (secondary N) is 2. The second-order valence-electron chi connectivity index (χ2n) is 10.5. The third-order valence-electron chi connectivity index (χ3n) is 6.89. The van der Waals surface area contributed by atoms with E-state index in [4.69, 9.17) is 0 Å². The van der Waals surface area contributed by atoms with Gasteiger partial charge in [0, 0.05) is 26.2 Å². The molecule has 0 aromatic heterocycles. The molecule has 0 unspecified atom stereocenters. The zero-order chi connectivity index (χ0) is 24.9. The molecule has 3 atom stereocenters. The fourth-order valence-corrected chi connectivity index (χ4v) is 4.91. The minimum Gasteiger partial charge on any atom is -0.378 e. The minimum absolute atomic E-state index is 0.151. The number of amides is 2. The Morgan fingerprint density at radius 1 is 1.12 bits per heavy atom. The van der Waals surface area contributed by atoms with Crippen LogP contribution in [0.1, 0.15) is 90.2 Å². The molecule has 2 rings (SSSR count). The molecule has 0 saturated heterocycles. The van der Waals surface area contributed by atoms with E-state index >= 15 is 0 Å². The summed E-state index contributed by atoms with van der Waals surface area (Å²) in [4.78, 5) is 28.0. The predicted octanol–water partition coefficient (Wildman–Crippen LogP) is 4.44. The molecule has 0 aliphatic heterocycles. The molecule has 1 aliphatic rings. The van der Waals surface area contributed by atoms with Gasteiger partial charge in [-0.15, -0.1) is 0 Å². The van der Waals surface area contributed by atoms with Crippen LogP contribution in [-0.2, 0) is 9.59 Å². The van der Waals surface area contributed by atoms with Crippen LogP contribution in [0.15, 0.2) is 30.3 Å². The summed E-state index contributed by atoms with van der Waals surface area (Å²) in [5.74, 6) is 0.709. The average molecular weight is 474 g/mol. The van der Waals surface area contributed by atoms with Crippen molar-refractivity contribution in [2.24, 2.45) is 11.8 Å². The lowest BCUT2D eigenvalue weighted by molar-refractivity contribution is -0.132. The first-order chi connectivity index (χ1) is 16.3. The number of nitrogens with zero attached hydrogens (tertiary/aromatic N) is 1. The van der Waals surface area contributed by atoms with Gasteiger partial charge in [0.1, 0.15) is 0 Å². The Labute approximate surface area is 206 Å². The summed E-state index contributed by atoms with van der Waals surface area (Å²) in [5.41, 5.74) is 0.583. The molecule has 1 aromatic rings.